The fraction of sp³-hybridized carbons (Fsp3) is 0.529. The van der Waals surface area contributed by atoms with E-state index < -0.39 is 53.2 Å². The highest BCUT2D eigenvalue weighted by Gasteiger charge is 2.37. The van der Waals surface area contributed by atoms with Gasteiger partial charge in [-0.3, -0.25) is 4.79 Å². The van der Waals surface area contributed by atoms with Crippen molar-refractivity contribution in [1.82, 2.24) is 5.32 Å². The van der Waals surface area contributed by atoms with E-state index in [4.69, 9.17) is 9.47 Å². The Bertz CT molecular complexity index is 701. The summed E-state index contributed by atoms with van der Waals surface area (Å²) >= 11 is 2.89. The summed E-state index contributed by atoms with van der Waals surface area (Å²) in [6.07, 6.45) is -6.54. The van der Waals surface area contributed by atoms with Crippen LogP contribution in [0.5, 0.6) is 0 Å². The number of hydrogen-bond acceptors (Lipinski definition) is 4. The van der Waals surface area contributed by atoms with Gasteiger partial charge in [0.1, 0.15) is 11.4 Å². The molecule has 5 nitrogen and oxygen atoms in total. The van der Waals surface area contributed by atoms with Crippen molar-refractivity contribution in [1.29, 1.82) is 0 Å². The van der Waals surface area contributed by atoms with Crippen LogP contribution in [-0.2, 0) is 20.4 Å². The number of benzene rings is 1. The van der Waals surface area contributed by atoms with Crippen LogP contribution in [0.1, 0.15) is 51.3 Å². The predicted octanol–water partition coefficient (Wildman–Crippen LogP) is 5.13. The van der Waals surface area contributed by atoms with Gasteiger partial charge in [0.15, 0.2) is 0 Å². The molecular formula is C17H20BrF4NO4. The minimum atomic E-state index is -4.96. The molecule has 1 rings (SSSR count). The molecule has 1 aromatic carbocycles. The average Bonchev–Trinajstić information content (AvgIpc) is 2.45. The van der Waals surface area contributed by atoms with Gasteiger partial charge in [0.05, 0.1) is 24.6 Å². The Kier molecular flexibility index (Phi) is 7.65. The van der Waals surface area contributed by atoms with Gasteiger partial charge in [-0.2, -0.15) is 13.2 Å². The van der Waals surface area contributed by atoms with Crippen LogP contribution in [0.25, 0.3) is 0 Å². The molecule has 0 aliphatic rings. The standard InChI is InChI=1S/C17H20BrF4NO4/c1-5-26-13(24)8-12(23-15(25)27-16(2,3)4)10-6-9(18)7-11(14(10)19)17(20,21)22/h6-7,12H,5,8H2,1-4H3,(H,23,25)/t12-/m0/s1. The third-order valence-electron chi connectivity index (χ3n) is 3.11. The number of ether oxygens (including phenoxy) is 2. The van der Waals surface area contributed by atoms with Gasteiger partial charge in [0.2, 0.25) is 0 Å². The van der Waals surface area contributed by atoms with E-state index in [-0.39, 0.29) is 11.1 Å². The van der Waals surface area contributed by atoms with Gasteiger partial charge in [-0.15, -0.1) is 0 Å². The molecule has 0 spiro atoms. The van der Waals surface area contributed by atoms with Crippen LogP contribution in [0.15, 0.2) is 16.6 Å². The zero-order chi connectivity index (χ0) is 21.0. The molecule has 0 fully saturated rings. The number of hydrogen-bond donors (Lipinski definition) is 1. The molecule has 1 aromatic rings. The average molecular weight is 458 g/mol. The number of esters is 1. The van der Waals surface area contributed by atoms with Crippen molar-refractivity contribution in [3.8, 4) is 0 Å². The summed E-state index contributed by atoms with van der Waals surface area (Å²) < 4.78 is 63.5. The lowest BCUT2D eigenvalue weighted by atomic mass is 10.00. The maximum atomic E-state index is 14.5. The SMILES string of the molecule is CCOC(=O)C[C@H](NC(=O)OC(C)(C)C)c1cc(Br)cc(C(F)(F)F)c1F. The number of carbonyl (C=O) groups is 2. The maximum absolute atomic E-state index is 14.5. The normalized spacial score (nSPS) is 13.1. The molecule has 0 radical (unpaired) electrons. The second-order valence-corrected chi connectivity index (χ2v) is 7.48. The highest BCUT2D eigenvalue weighted by Crippen LogP contribution is 2.37. The van der Waals surface area contributed by atoms with Crippen molar-refractivity contribution >= 4 is 28.0 Å². The van der Waals surface area contributed by atoms with Crippen LogP contribution in [0.3, 0.4) is 0 Å². The highest BCUT2D eigenvalue weighted by molar-refractivity contribution is 9.10. The number of nitrogens with one attached hydrogen (secondary N) is 1. The Morgan fingerprint density at radius 2 is 1.81 bits per heavy atom. The van der Waals surface area contributed by atoms with E-state index in [1.807, 2.05) is 0 Å². The smallest absolute Gasteiger partial charge is 0.419 e. The molecule has 0 saturated heterocycles. The Labute approximate surface area is 162 Å². The molecule has 1 N–H and O–H groups in total. The Morgan fingerprint density at radius 3 is 2.30 bits per heavy atom. The zero-order valence-corrected chi connectivity index (χ0v) is 16.8. The molecule has 0 saturated carbocycles. The van der Waals surface area contributed by atoms with Crippen molar-refractivity contribution in [3.63, 3.8) is 0 Å². The summed E-state index contributed by atoms with van der Waals surface area (Å²) in [6.45, 7) is 6.29. The van der Waals surface area contributed by atoms with E-state index in [0.717, 1.165) is 6.07 Å². The summed E-state index contributed by atoms with van der Waals surface area (Å²) in [5, 5.41) is 2.24. The molecule has 0 bridgehead atoms. The molecule has 0 aliphatic carbocycles. The van der Waals surface area contributed by atoms with Gasteiger partial charge in [-0.25, -0.2) is 9.18 Å². The fourth-order valence-corrected chi connectivity index (χ4v) is 2.62. The van der Waals surface area contributed by atoms with Crippen molar-refractivity contribution in [2.75, 3.05) is 6.61 Å². The molecular weight excluding hydrogens is 438 g/mol. The highest BCUT2D eigenvalue weighted by atomic mass is 79.9. The van der Waals surface area contributed by atoms with Gasteiger partial charge < -0.3 is 14.8 Å². The lowest BCUT2D eigenvalue weighted by molar-refractivity contribution is -0.143. The molecule has 10 heteroatoms. The zero-order valence-electron chi connectivity index (χ0n) is 15.2. The Balaban J connectivity index is 3.32. The topological polar surface area (TPSA) is 64.6 Å². The summed E-state index contributed by atoms with van der Waals surface area (Å²) in [4.78, 5) is 23.8. The van der Waals surface area contributed by atoms with Gasteiger partial charge in [0, 0.05) is 10.0 Å². The minimum absolute atomic E-state index is 0.0206. The van der Waals surface area contributed by atoms with Crippen LogP contribution < -0.4 is 5.32 Å². The number of alkyl carbamates (subject to hydrolysis) is 1. The minimum Gasteiger partial charge on any atom is -0.466 e. The molecule has 0 aliphatic heterocycles. The van der Waals surface area contributed by atoms with Crippen LogP contribution in [-0.4, -0.2) is 24.3 Å². The molecule has 1 atom stereocenters. The van der Waals surface area contributed by atoms with Crippen molar-refractivity contribution in [2.24, 2.45) is 0 Å². The first kappa shape index (κ1) is 23.2. The quantitative estimate of drug-likeness (QED) is 0.491. The Hall–Kier alpha value is -1.84. The van der Waals surface area contributed by atoms with Crippen LogP contribution in [0.4, 0.5) is 22.4 Å². The summed E-state index contributed by atoms with van der Waals surface area (Å²) in [5.41, 5.74) is -2.94. The first-order chi connectivity index (χ1) is 12.2. The van der Waals surface area contributed by atoms with E-state index in [9.17, 15) is 27.2 Å². The number of carbonyl (C=O) groups excluding carboxylic acids is 2. The van der Waals surface area contributed by atoms with Crippen LogP contribution in [0, 0.1) is 5.82 Å². The first-order valence-corrected chi connectivity index (χ1v) is 8.75. The second kappa shape index (κ2) is 8.90. The van der Waals surface area contributed by atoms with Crippen molar-refractivity contribution < 1.29 is 36.6 Å². The van der Waals surface area contributed by atoms with Crippen molar-refractivity contribution in [3.05, 3.63) is 33.5 Å². The Morgan fingerprint density at radius 1 is 1.22 bits per heavy atom. The van der Waals surface area contributed by atoms with E-state index in [0.29, 0.717) is 6.07 Å². The largest absolute Gasteiger partial charge is 0.466 e. The molecule has 152 valence electrons. The lowest BCUT2D eigenvalue weighted by Crippen LogP contribution is -2.36. The summed E-state index contributed by atoms with van der Waals surface area (Å²) in [7, 11) is 0. The van der Waals surface area contributed by atoms with Gasteiger partial charge in [0.25, 0.3) is 0 Å². The van der Waals surface area contributed by atoms with E-state index in [2.05, 4.69) is 21.2 Å². The van der Waals surface area contributed by atoms with E-state index in [1.54, 1.807) is 20.8 Å². The molecule has 0 unspecified atom stereocenters. The second-order valence-electron chi connectivity index (χ2n) is 6.56. The predicted molar refractivity (Wildman–Crippen MR) is 92.5 cm³/mol. The fourth-order valence-electron chi connectivity index (χ4n) is 2.15. The van der Waals surface area contributed by atoms with Gasteiger partial charge in [-0.1, -0.05) is 15.9 Å². The molecule has 27 heavy (non-hydrogen) atoms. The number of halogens is 5. The maximum Gasteiger partial charge on any atom is 0.419 e. The van der Waals surface area contributed by atoms with E-state index >= 15 is 0 Å². The third kappa shape index (κ3) is 7.36. The first-order valence-electron chi connectivity index (χ1n) is 7.96. The number of alkyl halides is 3. The van der Waals surface area contributed by atoms with Gasteiger partial charge in [-0.05, 0) is 39.8 Å². The van der Waals surface area contributed by atoms with Crippen LogP contribution >= 0.6 is 15.9 Å². The lowest BCUT2D eigenvalue weighted by Gasteiger charge is -2.24. The molecule has 1 amide bonds. The summed E-state index contributed by atoms with van der Waals surface area (Å²) in [5.74, 6) is -2.40. The van der Waals surface area contributed by atoms with Crippen molar-refractivity contribution in [2.45, 2.75) is 51.9 Å². The third-order valence-corrected chi connectivity index (χ3v) is 3.57. The van der Waals surface area contributed by atoms with Crippen LogP contribution in [0.2, 0.25) is 0 Å². The number of amides is 1. The van der Waals surface area contributed by atoms with Gasteiger partial charge >= 0.3 is 18.2 Å². The molecule has 0 aromatic heterocycles. The summed E-state index contributed by atoms with van der Waals surface area (Å²) in [6, 6.07) is 0.219. The van der Waals surface area contributed by atoms with E-state index in [1.165, 1.54) is 6.92 Å². The number of rotatable bonds is 5. The molecule has 0 heterocycles. The monoisotopic (exact) mass is 457 g/mol.